The summed E-state index contributed by atoms with van der Waals surface area (Å²) >= 11 is 6.02. The lowest BCUT2D eigenvalue weighted by Gasteiger charge is -2.14. The third kappa shape index (κ3) is 2.05. The van der Waals surface area contributed by atoms with E-state index in [-0.39, 0.29) is 6.04 Å². The van der Waals surface area contributed by atoms with Crippen LogP contribution in [0.1, 0.15) is 29.5 Å². The van der Waals surface area contributed by atoms with Crippen LogP contribution in [0.25, 0.3) is 0 Å². The molecule has 18 heavy (non-hydrogen) atoms. The molecular weight excluding hydrogens is 248 g/mol. The minimum absolute atomic E-state index is 0.0569. The lowest BCUT2D eigenvalue weighted by Crippen LogP contribution is -2.29. The predicted molar refractivity (Wildman–Crippen MR) is 71.1 cm³/mol. The van der Waals surface area contributed by atoms with E-state index in [4.69, 9.17) is 21.9 Å². The fraction of sp³-hybridized carbons (Fsp3) is 0.286. The van der Waals surface area contributed by atoms with Crippen molar-refractivity contribution in [2.24, 2.45) is 11.8 Å². The summed E-state index contributed by atoms with van der Waals surface area (Å²) in [5, 5.41) is 0.427. The maximum absolute atomic E-state index is 6.02. The Hall–Kier alpha value is -1.29. The molecule has 1 aliphatic rings. The summed E-state index contributed by atoms with van der Waals surface area (Å²) in [6.45, 7) is 0. The maximum atomic E-state index is 6.02. The highest BCUT2D eigenvalue weighted by molar-refractivity contribution is 6.29. The fourth-order valence-electron chi connectivity index (χ4n) is 2.64. The number of rotatable bonds is 4. The Morgan fingerprint density at radius 1 is 1.28 bits per heavy atom. The Labute approximate surface area is 111 Å². The Balaban J connectivity index is 1.79. The summed E-state index contributed by atoms with van der Waals surface area (Å²) < 4.78 is 5.14. The van der Waals surface area contributed by atoms with Crippen molar-refractivity contribution in [3.63, 3.8) is 0 Å². The highest BCUT2D eigenvalue weighted by atomic mass is 35.5. The number of hydrogen-bond acceptors (Lipinski definition) is 3. The van der Waals surface area contributed by atoms with Crippen LogP contribution in [0.15, 0.2) is 47.1 Å². The summed E-state index contributed by atoms with van der Waals surface area (Å²) in [5.41, 5.74) is 5.17. The monoisotopic (exact) mass is 262 g/mol. The third-order valence-corrected chi connectivity index (χ3v) is 3.96. The molecule has 0 amide bonds. The van der Waals surface area contributed by atoms with Crippen molar-refractivity contribution in [3.8, 4) is 0 Å². The lowest BCUT2D eigenvalue weighted by molar-refractivity contribution is 0.478. The number of hydrazine groups is 1. The van der Waals surface area contributed by atoms with Crippen molar-refractivity contribution in [2.75, 3.05) is 0 Å². The van der Waals surface area contributed by atoms with Crippen LogP contribution in [-0.2, 0) is 0 Å². The maximum Gasteiger partial charge on any atom is 0.197 e. The molecule has 0 radical (unpaired) electrons. The molecule has 2 aromatic rings. The van der Waals surface area contributed by atoms with E-state index in [1.165, 1.54) is 5.56 Å². The van der Waals surface area contributed by atoms with Crippen LogP contribution in [0.3, 0.4) is 0 Å². The van der Waals surface area contributed by atoms with Gasteiger partial charge < -0.3 is 4.42 Å². The number of nitrogens with two attached hydrogens (primary N) is 1. The number of nitrogens with one attached hydrogen (secondary N) is 1. The van der Waals surface area contributed by atoms with Gasteiger partial charge in [0.1, 0.15) is 0 Å². The molecule has 1 aliphatic carbocycles. The number of furan rings is 1. The quantitative estimate of drug-likeness (QED) is 0.657. The molecule has 4 heteroatoms. The second-order valence-electron chi connectivity index (χ2n) is 4.71. The van der Waals surface area contributed by atoms with Crippen LogP contribution in [0.4, 0.5) is 0 Å². The van der Waals surface area contributed by atoms with Crippen molar-refractivity contribution in [3.05, 3.63) is 59.0 Å². The molecule has 3 N–H and O–H groups in total. The Bertz CT molecular complexity index is 526. The van der Waals surface area contributed by atoms with E-state index >= 15 is 0 Å². The molecule has 3 rings (SSSR count). The van der Waals surface area contributed by atoms with E-state index in [1.54, 1.807) is 6.26 Å². The zero-order valence-electron chi connectivity index (χ0n) is 9.84. The molecule has 0 spiro atoms. The van der Waals surface area contributed by atoms with Gasteiger partial charge in [0, 0.05) is 5.56 Å². The van der Waals surface area contributed by atoms with Crippen LogP contribution in [0, 0.1) is 5.92 Å². The highest BCUT2D eigenvalue weighted by Crippen LogP contribution is 2.54. The van der Waals surface area contributed by atoms with Crippen molar-refractivity contribution in [1.82, 2.24) is 5.43 Å². The Morgan fingerprint density at radius 2 is 2.06 bits per heavy atom. The third-order valence-electron chi connectivity index (χ3n) is 3.66. The molecule has 1 fully saturated rings. The van der Waals surface area contributed by atoms with Gasteiger partial charge in [-0.05, 0) is 41.5 Å². The van der Waals surface area contributed by atoms with E-state index in [9.17, 15) is 0 Å². The van der Waals surface area contributed by atoms with Gasteiger partial charge in [-0.1, -0.05) is 30.3 Å². The highest BCUT2D eigenvalue weighted by Gasteiger charge is 2.45. The standard InChI is InChI=1S/C14H15ClN2O/c15-14-10(6-7-18-14)13(17-16)12-8-11(12)9-4-2-1-3-5-9/h1-7,11-13,17H,8,16H2. The van der Waals surface area contributed by atoms with Gasteiger partial charge in [0.15, 0.2) is 5.22 Å². The molecule has 1 aromatic carbocycles. The predicted octanol–water partition coefficient (Wildman–Crippen LogP) is 3.24. The minimum atomic E-state index is 0.0569. The first-order valence-electron chi connectivity index (χ1n) is 6.05. The second kappa shape index (κ2) is 4.76. The molecule has 0 saturated heterocycles. The summed E-state index contributed by atoms with van der Waals surface area (Å²) in [6.07, 6.45) is 2.72. The smallest absolute Gasteiger partial charge is 0.197 e. The first kappa shape index (κ1) is 11.8. The van der Waals surface area contributed by atoms with Gasteiger partial charge in [0.2, 0.25) is 0 Å². The van der Waals surface area contributed by atoms with Crippen molar-refractivity contribution in [2.45, 2.75) is 18.4 Å². The van der Waals surface area contributed by atoms with E-state index < -0.39 is 0 Å². The first-order valence-corrected chi connectivity index (χ1v) is 6.43. The van der Waals surface area contributed by atoms with E-state index in [0.717, 1.165) is 12.0 Å². The van der Waals surface area contributed by atoms with Gasteiger partial charge in [-0.25, -0.2) is 0 Å². The second-order valence-corrected chi connectivity index (χ2v) is 5.05. The van der Waals surface area contributed by atoms with Crippen LogP contribution in [-0.4, -0.2) is 0 Å². The molecule has 1 aromatic heterocycles. The normalized spacial score (nSPS) is 23.9. The fourth-order valence-corrected chi connectivity index (χ4v) is 2.87. The van der Waals surface area contributed by atoms with Crippen LogP contribution in [0.2, 0.25) is 5.22 Å². The molecule has 3 unspecified atom stereocenters. The molecule has 94 valence electrons. The number of halogens is 1. The lowest BCUT2D eigenvalue weighted by atomic mass is 10.0. The molecule has 1 saturated carbocycles. The minimum Gasteiger partial charge on any atom is -0.453 e. The van der Waals surface area contributed by atoms with Crippen molar-refractivity contribution >= 4 is 11.6 Å². The van der Waals surface area contributed by atoms with E-state index in [0.29, 0.717) is 17.1 Å². The topological polar surface area (TPSA) is 51.2 Å². The Morgan fingerprint density at radius 3 is 2.67 bits per heavy atom. The molecule has 1 heterocycles. The first-order chi connectivity index (χ1) is 8.81. The molecule has 0 bridgehead atoms. The van der Waals surface area contributed by atoms with Gasteiger partial charge in [0.25, 0.3) is 0 Å². The zero-order chi connectivity index (χ0) is 12.5. The SMILES string of the molecule is NNC(c1ccoc1Cl)C1CC1c1ccccc1. The van der Waals surface area contributed by atoms with Gasteiger partial charge in [0.05, 0.1) is 12.3 Å². The molecular formula is C14H15ClN2O. The van der Waals surface area contributed by atoms with Gasteiger partial charge >= 0.3 is 0 Å². The summed E-state index contributed by atoms with van der Waals surface area (Å²) in [7, 11) is 0. The number of hydrogen-bond donors (Lipinski definition) is 2. The average Bonchev–Trinajstić information content (AvgIpc) is 3.08. The summed E-state index contributed by atoms with van der Waals surface area (Å²) in [6, 6.07) is 12.4. The number of benzene rings is 1. The van der Waals surface area contributed by atoms with Gasteiger partial charge in [-0.2, -0.15) is 0 Å². The van der Waals surface area contributed by atoms with Crippen LogP contribution < -0.4 is 11.3 Å². The van der Waals surface area contributed by atoms with Gasteiger partial charge in [-0.3, -0.25) is 11.3 Å². The molecule has 3 nitrogen and oxygen atoms in total. The Kier molecular flexibility index (Phi) is 3.12. The zero-order valence-corrected chi connectivity index (χ0v) is 10.6. The summed E-state index contributed by atoms with van der Waals surface area (Å²) in [5.74, 6) is 6.70. The molecule has 3 atom stereocenters. The summed E-state index contributed by atoms with van der Waals surface area (Å²) in [4.78, 5) is 0. The largest absolute Gasteiger partial charge is 0.453 e. The van der Waals surface area contributed by atoms with Gasteiger partial charge in [-0.15, -0.1) is 0 Å². The van der Waals surface area contributed by atoms with Crippen LogP contribution >= 0.6 is 11.6 Å². The van der Waals surface area contributed by atoms with E-state index in [1.807, 2.05) is 12.1 Å². The van der Waals surface area contributed by atoms with Crippen molar-refractivity contribution < 1.29 is 4.42 Å². The average molecular weight is 263 g/mol. The van der Waals surface area contributed by atoms with E-state index in [2.05, 4.69) is 29.7 Å². The van der Waals surface area contributed by atoms with Crippen LogP contribution in [0.5, 0.6) is 0 Å². The molecule has 0 aliphatic heterocycles. The van der Waals surface area contributed by atoms with Crippen molar-refractivity contribution in [1.29, 1.82) is 0 Å².